The van der Waals surface area contributed by atoms with Crippen LogP contribution >= 0.6 is 15.9 Å². The molecule has 11 heavy (non-hydrogen) atoms. The molecule has 5 heteroatoms. The maximum Gasteiger partial charge on any atom is 0.121 e. The third-order valence-corrected chi connectivity index (χ3v) is 2.37. The summed E-state index contributed by atoms with van der Waals surface area (Å²) < 4.78 is 5.15. The van der Waals surface area contributed by atoms with E-state index in [-0.39, 0.29) is 11.4 Å². The SMILES string of the molecule is O=N[C@H]1C[C@H](Br)CO[C@@H]1CO. The van der Waals surface area contributed by atoms with Crippen LogP contribution < -0.4 is 0 Å². The van der Waals surface area contributed by atoms with Gasteiger partial charge in [0.2, 0.25) is 0 Å². The molecule has 0 saturated carbocycles. The molecule has 1 aliphatic heterocycles. The number of aliphatic hydroxyl groups excluding tert-OH is 1. The summed E-state index contributed by atoms with van der Waals surface area (Å²) in [4.78, 5) is 10.4. The van der Waals surface area contributed by atoms with Crippen LogP contribution in [0.4, 0.5) is 0 Å². The maximum absolute atomic E-state index is 10.2. The molecular formula is C6H10BrNO3. The third kappa shape index (κ3) is 2.21. The molecule has 0 aliphatic carbocycles. The minimum atomic E-state index is -0.405. The number of hydrogen-bond donors (Lipinski definition) is 1. The fourth-order valence-corrected chi connectivity index (χ4v) is 1.64. The van der Waals surface area contributed by atoms with Crippen LogP contribution in [0.1, 0.15) is 6.42 Å². The second-order valence-electron chi connectivity index (χ2n) is 2.56. The van der Waals surface area contributed by atoms with E-state index in [2.05, 4.69) is 21.1 Å². The number of hydrogen-bond acceptors (Lipinski definition) is 4. The Morgan fingerprint density at radius 2 is 2.45 bits per heavy atom. The molecule has 1 aliphatic rings. The van der Waals surface area contributed by atoms with E-state index in [1.165, 1.54) is 0 Å². The van der Waals surface area contributed by atoms with Gasteiger partial charge in [-0.2, -0.15) is 4.91 Å². The Hall–Kier alpha value is -0.0000000000000000416. The van der Waals surface area contributed by atoms with Gasteiger partial charge >= 0.3 is 0 Å². The highest BCUT2D eigenvalue weighted by molar-refractivity contribution is 9.09. The molecule has 0 unspecified atom stereocenters. The van der Waals surface area contributed by atoms with Crippen molar-refractivity contribution >= 4 is 15.9 Å². The van der Waals surface area contributed by atoms with Gasteiger partial charge in [-0.25, -0.2) is 0 Å². The van der Waals surface area contributed by atoms with Crippen molar-refractivity contribution in [1.82, 2.24) is 0 Å². The topological polar surface area (TPSA) is 58.9 Å². The van der Waals surface area contributed by atoms with Crippen molar-refractivity contribution in [2.45, 2.75) is 23.4 Å². The fraction of sp³-hybridized carbons (Fsp3) is 1.00. The summed E-state index contributed by atoms with van der Waals surface area (Å²) in [7, 11) is 0. The van der Waals surface area contributed by atoms with Crippen LogP contribution in [0.2, 0.25) is 0 Å². The summed E-state index contributed by atoms with van der Waals surface area (Å²) in [6, 6.07) is -0.405. The Morgan fingerprint density at radius 3 is 3.00 bits per heavy atom. The molecule has 3 atom stereocenters. The molecule has 1 rings (SSSR count). The summed E-state index contributed by atoms with van der Waals surface area (Å²) >= 11 is 3.32. The minimum absolute atomic E-state index is 0.129. The van der Waals surface area contributed by atoms with Gasteiger partial charge in [-0.05, 0) is 6.42 Å². The lowest BCUT2D eigenvalue weighted by atomic mass is 10.0. The predicted octanol–water partition coefficient (Wildman–Crippen LogP) is 0.666. The van der Waals surface area contributed by atoms with Gasteiger partial charge in [0, 0.05) is 4.83 Å². The normalized spacial score (nSPS) is 38.5. The van der Waals surface area contributed by atoms with Crippen molar-refractivity contribution in [2.75, 3.05) is 13.2 Å². The molecule has 0 aromatic carbocycles. The van der Waals surface area contributed by atoms with E-state index in [9.17, 15) is 4.91 Å². The van der Waals surface area contributed by atoms with Crippen molar-refractivity contribution in [3.63, 3.8) is 0 Å². The fourth-order valence-electron chi connectivity index (χ4n) is 1.11. The molecular weight excluding hydrogens is 214 g/mol. The highest BCUT2D eigenvalue weighted by Gasteiger charge is 2.30. The molecule has 0 amide bonds. The van der Waals surface area contributed by atoms with Crippen molar-refractivity contribution in [3.05, 3.63) is 4.91 Å². The van der Waals surface area contributed by atoms with Crippen LogP contribution in [0.15, 0.2) is 5.18 Å². The Balaban J connectivity index is 2.47. The number of rotatable bonds is 2. The number of alkyl halides is 1. The van der Waals surface area contributed by atoms with Crippen LogP contribution in [0.3, 0.4) is 0 Å². The van der Waals surface area contributed by atoms with E-state index >= 15 is 0 Å². The predicted molar refractivity (Wildman–Crippen MR) is 43.7 cm³/mol. The van der Waals surface area contributed by atoms with Gasteiger partial charge in [-0.3, -0.25) is 0 Å². The standard InChI is InChI=1S/C6H10BrNO3/c7-4-1-5(8-10)6(2-9)11-3-4/h4-6,9H,1-3H2/t4-,5-,6+/m0/s1. The molecule has 4 nitrogen and oxygen atoms in total. The molecule has 1 fully saturated rings. The van der Waals surface area contributed by atoms with E-state index in [1.54, 1.807) is 0 Å². The summed E-state index contributed by atoms with van der Waals surface area (Å²) in [6.07, 6.45) is 0.246. The van der Waals surface area contributed by atoms with Crippen molar-refractivity contribution in [2.24, 2.45) is 5.18 Å². The van der Waals surface area contributed by atoms with Crippen LogP contribution in [-0.2, 0) is 4.74 Å². The summed E-state index contributed by atoms with van der Waals surface area (Å²) in [5, 5.41) is 11.6. The number of halogens is 1. The van der Waals surface area contributed by atoms with Gasteiger partial charge < -0.3 is 9.84 Å². The highest BCUT2D eigenvalue weighted by Crippen LogP contribution is 2.21. The average molecular weight is 224 g/mol. The Morgan fingerprint density at radius 1 is 1.73 bits per heavy atom. The first-order valence-corrected chi connectivity index (χ1v) is 4.38. The van der Waals surface area contributed by atoms with Gasteiger partial charge in [-0.15, -0.1) is 0 Å². The molecule has 0 spiro atoms. The number of nitroso groups, excluding NO2 is 1. The average Bonchev–Trinajstić information content (AvgIpc) is 2.04. The van der Waals surface area contributed by atoms with Crippen LogP contribution in [-0.4, -0.2) is 35.3 Å². The smallest absolute Gasteiger partial charge is 0.121 e. The Kier molecular flexibility index (Phi) is 3.42. The highest BCUT2D eigenvalue weighted by atomic mass is 79.9. The molecule has 64 valence electrons. The lowest BCUT2D eigenvalue weighted by molar-refractivity contribution is -0.0257. The van der Waals surface area contributed by atoms with Crippen LogP contribution in [0.5, 0.6) is 0 Å². The van der Waals surface area contributed by atoms with Gasteiger partial charge in [-0.1, -0.05) is 21.1 Å². The van der Waals surface area contributed by atoms with E-state index < -0.39 is 12.1 Å². The zero-order valence-corrected chi connectivity index (χ0v) is 7.53. The quantitative estimate of drug-likeness (QED) is 0.553. The van der Waals surface area contributed by atoms with Crippen LogP contribution in [0, 0.1) is 4.91 Å². The monoisotopic (exact) mass is 223 g/mol. The first-order valence-electron chi connectivity index (χ1n) is 3.47. The van der Waals surface area contributed by atoms with Gasteiger partial charge in [0.1, 0.15) is 12.1 Å². The first-order chi connectivity index (χ1) is 5.27. The first kappa shape index (κ1) is 9.09. The lowest BCUT2D eigenvalue weighted by Crippen LogP contribution is -2.39. The maximum atomic E-state index is 10.2. The zero-order chi connectivity index (χ0) is 8.27. The molecule has 0 bridgehead atoms. The molecule has 0 aromatic heterocycles. The third-order valence-electron chi connectivity index (χ3n) is 1.73. The minimum Gasteiger partial charge on any atom is -0.394 e. The molecule has 1 heterocycles. The summed E-state index contributed by atoms with van der Waals surface area (Å²) in [5.41, 5.74) is 0. The molecule has 1 saturated heterocycles. The van der Waals surface area contributed by atoms with Crippen molar-refractivity contribution in [1.29, 1.82) is 0 Å². The van der Waals surface area contributed by atoms with Crippen molar-refractivity contribution in [3.8, 4) is 0 Å². The number of nitrogens with zero attached hydrogens (tertiary/aromatic N) is 1. The van der Waals surface area contributed by atoms with Crippen molar-refractivity contribution < 1.29 is 9.84 Å². The van der Waals surface area contributed by atoms with Gasteiger partial charge in [0.15, 0.2) is 0 Å². The Labute approximate surface area is 73.0 Å². The molecule has 1 N–H and O–H groups in total. The van der Waals surface area contributed by atoms with E-state index in [0.29, 0.717) is 13.0 Å². The summed E-state index contributed by atoms with van der Waals surface area (Å²) in [5.74, 6) is 0. The zero-order valence-electron chi connectivity index (χ0n) is 5.94. The molecule has 0 aromatic rings. The largest absolute Gasteiger partial charge is 0.394 e. The van der Waals surface area contributed by atoms with E-state index in [0.717, 1.165) is 0 Å². The van der Waals surface area contributed by atoms with E-state index in [4.69, 9.17) is 9.84 Å². The molecule has 0 radical (unpaired) electrons. The number of ether oxygens (including phenoxy) is 1. The second-order valence-corrected chi connectivity index (χ2v) is 3.86. The van der Waals surface area contributed by atoms with Gasteiger partial charge in [0.25, 0.3) is 0 Å². The van der Waals surface area contributed by atoms with Gasteiger partial charge in [0.05, 0.1) is 13.2 Å². The number of aliphatic hydroxyl groups is 1. The van der Waals surface area contributed by atoms with E-state index in [1.807, 2.05) is 0 Å². The second kappa shape index (κ2) is 4.13. The van der Waals surface area contributed by atoms with Crippen LogP contribution in [0.25, 0.3) is 0 Å². The summed E-state index contributed by atoms with van der Waals surface area (Å²) in [6.45, 7) is 0.410. The lowest BCUT2D eigenvalue weighted by Gasteiger charge is -2.28. The Bertz CT molecular complexity index is 144.